The summed E-state index contributed by atoms with van der Waals surface area (Å²) in [6.07, 6.45) is -0.896. The molecule has 5 heteroatoms. The highest BCUT2D eigenvalue weighted by atomic mass is 32.1. The van der Waals surface area contributed by atoms with Crippen LogP contribution in [0.15, 0.2) is 47.2 Å². The number of hydrogen-bond donors (Lipinski definition) is 1. The van der Waals surface area contributed by atoms with Crippen LogP contribution in [0.4, 0.5) is 0 Å². The topological polar surface area (TPSA) is 69.4 Å². The predicted molar refractivity (Wildman–Crippen MR) is 72.5 cm³/mol. The number of esters is 1. The van der Waals surface area contributed by atoms with E-state index in [-0.39, 0.29) is 6.42 Å². The SMILES string of the molecule is NC(=O)[C@@H](OC(=O)Cc1ccsc1)c1ccccc1. The molecule has 2 aromatic rings. The van der Waals surface area contributed by atoms with Gasteiger partial charge in [0.25, 0.3) is 5.91 Å². The Balaban J connectivity index is 2.05. The Hall–Kier alpha value is -2.14. The van der Waals surface area contributed by atoms with Crippen molar-refractivity contribution in [3.05, 3.63) is 58.3 Å². The van der Waals surface area contributed by atoms with Gasteiger partial charge in [0.05, 0.1) is 6.42 Å². The van der Waals surface area contributed by atoms with Gasteiger partial charge in [-0.1, -0.05) is 30.3 Å². The molecule has 1 aromatic carbocycles. The summed E-state index contributed by atoms with van der Waals surface area (Å²) in [6, 6.07) is 10.6. The zero-order valence-corrected chi connectivity index (χ0v) is 10.9. The van der Waals surface area contributed by atoms with E-state index in [4.69, 9.17) is 10.5 Å². The van der Waals surface area contributed by atoms with Crippen LogP contribution in [0.5, 0.6) is 0 Å². The Morgan fingerprint density at radius 3 is 2.53 bits per heavy atom. The first-order chi connectivity index (χ1) is 9.16. The molecule has 0 aliphatic carbocycles. The first-order valence-electron chi connectivity index (χ1n) is 5.71. The van der Waals surface area contributed by atoms with E-state index in [9.17, 15) is 9.59 Å². The highest BCUT2D eigenvalue weighted by molar-refractivity contribution is 7.07. The molecule has 19 heavy (non-hydrogen) atoms. The zero-order chi connectivity index (χ0) is 13.7. The molecule has 0 radical (unpaired) electrons. The molecule has 0 bridgehead atoms. The smallest absolute Gasteiger partial charge is 0.311 e. The van der Waals surface area contributed by atoms with Gasteiger partial charge in [-0.2, -0.15) is 11.3 Å². The average molecular weight is 275 g/mol. The molecule has 0 unspecified atom stereocenters. The molecule has 0 spiro atoms. The molecule has 0 aliphatic heterocycles. The van der Waals surface area contributed by atoms with Gasteiger partial charge in [-0.15, -0.1) is 0 Å². The lowest BCUT2D eigenvalue weighted by molar-refractivity contribution is -0.154. The molecule has 0 saturated carbocycles. The lowest BCUT2D eigenvalue weighted by Crippen LogP contribution is -2.26. The summed E-state index contributed by atoms with van der Waals surface area (Å²) in [5.74, 6) is -1.14. The minimum Gasteiger partial charge on any atom is -0.447 e. The van der Waals surface area contributed by atoms with E-state index >= 15 is 0 Å². The summed E-state index contributed by atoms with van der Waals surface area (Å²) in [7, 11) is 0. The fourth-order valence-electron chi connectivity index (χ4n) is 1.65. The van der Waals surface area contributed by atoms with Crippen LogP contribution >= 0.6 is 11.3 Å². The maximum Gasteiger partial charge on any atom is 0.311 e. The van der Waals surface area contributed by atoms with Gasteiger partial charge in [0.15, 0.2) is 0 Å². The van der Waals surface area contributed by atoms with E-state index in [0.29, 0.717) is 5.56 Å². The van der Waals surface area contributed by atoms with Gasteiger partial charge in [0, 0.05) is 5.56 Å². The highest BCUT2D eigenvalue weighted by Crippen LogP contribution is 2.18. The maximum absolute atomic E-state index is 11.8. The molecule has 0 fully saturated rings. The summed E-state index contributed by atoms with van der Waals surface area (Å²) in [5.41, 5.74) is 6.72. The highest BCUT2D eigenvalue weighted by Gasteiger charge is 2.22. The third kappa shape index (κ3) is 3.66. The number of thiophene rings is 1. The van der Waals surface area contributed by atoms with Crippen LogP contribution < -0.4 is 5.73 Å². The summed E-state index contributed by atoms with van der Waals surface area (Å²) in [5, 5.41) is 3.74. The van der Waals surface area contributed by atoms with Gasteiger partial charge in [0.2, 0.25) is 6.10 Å². The van der Waals surface area contributed by atoms with Crippen LogP contribution in [0.2, 0.25) is 0 Å². The predicted octanol–water partition coefficient (Wildman–Crippen LogP) is 2.06. The van der Waals surface area contributed by atoms with Gasteiger partial charge in [-0.25, -0.2) is 0 Å². The number of rotatable bonds is 5. The standard InChI is InChI=1S/C14H13NO3S/c15-14(17)13(11-4-2-1-3-5-11)18-12(16)8-10-6-7-19-9-10/h1-7,9,13H,8H2,(H2,15,17)/t13-/m0/s1. The second-order valence-corrected chi connectivity index (χ2v) is 4.77. The number of amides is 1. The Bertz CT molecular complexity index is 551. The number of ether oxygens (including phenoxy) is 1. The van der Waals surface area contributed by atoms with Gasteiger partial charge in [0.1, 0.15) is 0 Å². The van der Waals surface area contributed by atoms with Gasteiger partial charge in [-0.05, 0) is 22.4 Å². The Morgan fingerprint density at radius 2 is 1.95 bits per heavy atom. The number of benzene rings is 1. The molecule has 0 saturated heterocycles. The molecule has 98 valence electrons. The molecule has 1 aromatic heterocycles. The van der Waals surface area contributed by atoms with Crippen LogP contribution in [0.1, 0.15) is 17.2 Å². The van der Waals surface area contributed by atoms with E-state index in [1.54, 1.807) is 24.3 Å². The number of nitrogens with two attached hydrogens (primary N) is 1. The maximum atomic E-state index is 11.8. The Morgan fingerprint density at radius 1 is 1.21 bits per heavy atom. The summed E-state index contributed by atoms with van der Waals surface area (Å²) in [6.45, 7) is 0. The van der Waals surface area contributed by atoms with Crippen molar-refractivity contribution in [2.75, 3.05) is 0 Å². The van der Waals surface area contributed by atoms with Crippen molar-refractivity contribution >= 4 is 23.2 Å². The first kappa shape index (κ1) is 13.3. The van der Waals surface area contributed by atoms with Crippen molar-refractivity contribution in [1.82, 2.24) is 0 Å². The molecule has 2 rings (SSSR count). The van der Waals surface area contributed by atoms with Crippen molar-refractivity contribution in [2.45, 2.75) is 12.5 Å². The number of hydrogen-bond acceptors (Lipinski definition) is 4. The lowest BCUT2D eigenvalue weighted by Gasteiger charge is -2.14. The third-order valence-corrected chi connectivity index (χ3v) is 3.27. The van der Waals surface area contributed by atoms with Crippen LogP contribution in [-0.2, 0) is 20.7 Å². The van der Waals surface area contributed by atoms with Gasteiger partial charge >= 0.3 is 5.97 Å². The van der Waals surface area contributed by atoms with Crippen LogP contribution in [0.3, 0.4) is 0 Å². The molecule has 4 nitrogen and oxygen atoms in total. The fraction of sp³-hybridized carbons (Fsp3) is 0.143. The zero-order valence-electron chi connectivity index (χ0n) is 10.1. The Labute approximate surface area is 114 Å². The average Bonchev–Trinajstić information content (AvgIpc) is 2.89. The van der Waals surface area contributed by atoms with Crippen molar-refractivity contribution in [2.24, 2.45) is 5.73 Å². The van der Waals surface area contributed by atoms with E-state index in [1.165, 1.54) is 11.3 Å². The quantitative estimate of drug-likeness (QED) is 0.849. The second-order valence-electron chi connectivity index (χ2n) is 3.99. The van der Waals surface area contributed by atoms with Crippen molar-refractivity contribution in [3.63, 3.8) is 0 Å². The number of carbonyl (C=O) groups excluding carboxylic acids is 2. The summed E-state index contributed by atoms with van der Waals surface area (Å²) < 4.78 is 5.16. The molecule has 2 N–H and O–H groups in total. The summed E-state index contributed by atoms with van der Waals surface area (Å²) >= 11 is 1.50. The second kappa shape index (κ2) is 6.15. The minimum absolute atomic E-state index is 0.139. The third-order valence-electron chi connectivity index (χ3n) is 2.54. The number of carbonyl (C=O) groups is 2. The molecule has 1 amide bonds. The van der Waals surface area contributed by atoms with Crippen LogP contribution in [0, 0.1) is 0 Å². The minimum atomic E-state index is -1.03. The monoisotopic (exact) mass is 275 g/mol. The van der Waals surface area contributed by atoms with E-state index in [1.807, 2.05) is 22.9 Å². The van der Waals surface area contributed by atoms with Crippen LogP contribution in [0.25, 0.3) is 0 Å². The van der Waals surface area contributed by atoms with Crippen molar-refractivity contribution in [1.29, 1.82) is 0 Å². The largest absolute Gasteiger partial charge is 0.447 e. The van der Waals surface area contributed by atoms with Crippen LogP contribution in [-0.4, -0.2) is 11.9 Å². The van der Waals surface area contributed by atoms with E-state index in [0.717, 1.165) is 5.56 Å². The van der Waals surface area contributed by atoms with Gasteiger partial charge in [-0.3, -0.25) is 9.59 Å². The van der Waals surface area contributed by atoms with Gasteiger partial charge < -0.3 is 10.5 Å². The first-order valence-corrected chi connectivity index (χ1v) is 6.66. The molecule has 1 atom stereocenters. The van der Waals surface area contributed by atoms with E-state index in [2.05, 4.69) is 0 Å². The molecular weight excluding hydrogens is 262 g/mol. The molecule has 1 heterocycles. The lowest BCUT2D eigenvalue weighted by atomic mass is 10.1. The normalized spacial score (nSPS) is 11.8. The number of primary amides is 1. The van der Waals surface area contributed by atoms with Crippen molar-refractivity contribution < 1.29 is 14.3 Å². The molecule has 0 aliphatic rings. The van der Waals surface area contributed by atoms with E-state index < -0.39 is 18.0 Å². The summed E-state index contributed by atoms with van der Waals surface area (Å²) in [4.78, 5) is 23.2. The van der Waals surface area contributed by atoms with Crippen molar-refractivity contribution in [3.8, 4) is 0 Å². The Kier molecular flexibility index (Phi) is 4.30. The fourth-order valence-corrected chi connectivity index (χ4v) is 2.32. The molecular formula is C14H13NO3S.